The summed E-state index contributed by atoms with van der Waals surface area (Å²) in [6, 6.07) is 3.34. The molecule has 0 aromatic carbocycles. The largest absolute Gasteiger partial charge is 0.365 e. The molecule has 2 aromatic rings. The average molecular weight is 316 g/mol. The van der Waals surface area contributed by atoms with E-state index in [1.54, 1.807) is 24.5 Å². The second-order valence-corrected chi connectivity index (χ2v) is 6.24. The van der Waals surface area contributed by atoms with E-state index in [1.807, 2.05) is 4.90 Å². The van der Waals surface area contributed by atoms with Gasteiger partial charge in [-0.15, -0.1) is 11.3 Å². The maximum atomic E-state index is 12.7. The normalized spacial score (nSPS) is 18.2. The third-order valence-electron chi connectivity index (χ3n) is 3.74. The molecule has 0 saturated carbocycles. The van der Waals surface area contributed by atoms with E-state index in [1.165, 1.54) is 17.5 Å². The molecule has 3 rings (SSSR count). The number of aromatic nitrogens is 2. The Morgan fingerprint density at radius 1 is 1.27 bits per heavy atom. The van der Waals surface area contributed by atoms with Gasteiger partial charge in [0.1, 0.15) is 9.88 Å². The van der Waals surface area contributed by atoms with Crippen molar-refractivity contribution in [2.45, 2.75) is 25.3 Å². The number of nitrogens with two attached hydrogens (primary N) is 1. The van der Waals surface area contributed by atoms with Gasteiger partial charge in [0.25, 0.3) is 11.8 Å². The van der Waals surface area contributed by atoms with Crippen molar-refractivity contribution < 1.29 is 9.59 Å². The van der Waals surface area contributed by atoms with Gasteiger partial charge in [0.2, 0.25) is 0 Å². The summed E-state index contributed by atoms with van der Waals surface area (Å²) in [4.78, 5) is 34.4. The van der Waals surface area contributed by atoms with Gasteiger partial charge in [-0.1, -0.05) is 0 Å². The maximum absolute atomic E-state index is 12.7. The number of amides is 2. The van der Waals surface area contributed by atoms with Crippen LogP contribution in [0.2, 0.25) is 0 Å². The fourth-order valence-electron chi connectivity index (χ4n) is 2.65. The van der Waals surface area contributed by atoms with Crippen LogP contribution in [0.25, 0.3) is 0 Å². The smallest absolute Gasteiger partial charge is 0.260 e. The first kappa shape index (κ1) is 14.6. The minimum atomic E-state index is -0.480. The zero-order valence-corrected chi connectivity index (χ0v) is 12.8. The molecule has 1 atom stereocenters. The number of hydrogen-bond donors (Lipinski definition) is 1. The maximum Gasteiger partial charge on any atom is 0.260 e. The molecule has 7 heteroatoms. The highest BCUT2D eigenvalue weighted by Gasteiger charge is 2.31. The molecule has 2 amide bonds. The van der Waals surface area contributed by atoms with Gasteiger partial charge in [-0.25, -0.2) is 4.98 Å². The van der Waals surface area contributed by atoms with Crippen LogP contribution in [0.15, 0.2) is 30.7 Å². The van der Waals surface area contributed by atoms with Crippen molar-refractivity contribution in [3.8, 4) is 0 Å². The Balaban J connectivity index is 1.87. The average Bonchev–Trinajstić information content (AvgIpc) is 3.05. The quantitative estimate of drug-likeness (QED) is 0.938. The van der Waals surface area contributed by atoms with Crippen molar-refractivity contribution in [2.24, 2.45) is 5.73 Å². The van der Waals surface area contributed by atoms with Crippen LogP contribution in [0.1, 0.15) is 50.3 Å². The van der Waals surface area contributed by atoms with Gasteiger partial charge >= 0.3 is 0 Å². The molecular weight excluding hydrogens is 300 g/mol. The monoisotopic (exact) mass is 316 g/mol. The van der Waals surface area contributed by atoms with Crippen LogP contribution in [-0.2, 0) is 0 Å². The van der Waals surface area contributed by atoms with Crippen molar-refractivity contribution in [1.29, 1.82) is 0 Å². The van der Waals surface area contributed by atoms with E-state index in [2.05, 4.69) is 9.97 Å². The second kappa shape index (κ2) is 6.23. The lowest BCUT2D eigenvalue weighted by atomic mass is 10.0. The fraction of sp³-hybridized carbons (Fsp3) is 0.333. The Morgan fingerprint density at radius 2 is 2.05 bits per heavy atom. The molecule has 2 N–H and O–H groups in total. The third kappa shape index (κ3) is 2.85. The molecule has 1 unspecified atom stereocenters. The number of pyridine rings is 1. The van der Waals surface area contributed by atoms with Crippen molar-refractivity contribution in [3.05, 3.63) is 46.2 Å². The molecule has 22 heavy (non-hydrogen) atoms. The first-order chi connectivity index (χ1) is 10.7. The summed E-state index contributed by atoms with van der Waals surface area (Å²) in [5.74, 6) is -0.505. The SMILES string of the molecule is NC(=O)c1cnc(C2CCCCN2C(=O)c2ccncc2)s1. The summed E-state index contributed by atoms with van der Waals surface area (Å²) >= 11 is 1.27. The number of rotatable bonds is 3. The van der Waals surface area contributed by atoms with Crippen LogP contribution < -0.4 is 5.73 Å². The van der Waals surface area contributed by atoms with E-state index in [9.17, 15) is 9.59 Å². The lowest BCUT2D eigenvalue weighted by molar-refractivity contribution is 0.0611. The molecule has 0 bridgehead atoms. The number of primary amides is 1. The highest BCUT2D eigenvalue weighted by Crippen LogP contribution is 2.34. The van der Waals surface area contributed by atoms with E-state index in [0.29, 0.717) is 17.0 Å². The van der Waals surface area contributed by atoms with Gasteiger partial charge < -0.3 is 10.6 Å². The fourth-order valence-corrected chi connectivity index (χ4v) is 3.57. The molecule has 114 valence electrons. The van der Waals surface area contributed by atoms with Crippen molar-refractivity contribution >= 4 is 23.2 Å². The van der Waals surface area contributed by atoms with Crippen molar-refractivity contribution in [2.75, 3.05) is 6.54 Å². The van der Waals surface area contributed by atoms with E-state index < -0.39 is 5.91 Å². The number of piperidine rings is 1. The molecule has 0 radical (unpaired) electrons. The highest BCUT2D eigenvalue weighted by molar-refractivity contribution is 7.13. The van der Waals surface area contributed by atoms with Crippen LogP contribution >= 0.6 is 11.3 Å². The lowest BCUT2D eigenvalue weighted by Gasteiger charge is -2.34. The van der Waals surface area contributed by atoms with Crippen LogP contribution in [0.4, 0.5) is 0 Å². The summed E-state index contributed by atoms with van der Waals surface area (Å²) in [5.41, 5.74) is 5.91. The standard InChI is InChI=1S/C15H16N4O2S/c16-13(20)12-9-18-14(22-12)11-3-1-2-8-19(11)15(21)10-4-6-17-7-5-10/h4-7,9,11H,1-3,8H2,(H2,16,20). The van der Waals surface area contributed by atoms with Crippen LogP contribution in [0.3, 0.4) is 0 Å². The molecule has 0 spiro atoms. The number of likely N-dealkylation sites (tertiary alicyclic amines) is 1. The molecule has 1 aliphatic heterocycles. The van der Waals surface area contributed by atoms with Gasteiger partial charge in [0.15, 0.2) is 0 Å². The number of carbonyl (C=O) groups is 2. The molecule has 0 aliphatic carbocycles. The van der Waals surface area contributed by atoms with E-state index in [-0.39, 0.29) is 11.9 Å². The first-order valence-electron chi connectivity index (χ1n) is 7.13. The van der Waals surface area contributed by atoms with E-state index in [0.717, 1.165) is 24.3 Å². The Morgan fingerprint density at radius 3 is 2.73 bits per heavy atom. The molecule has 3 heterocycles. The third-order valence-corrected chi connectivity index (χ3v) is 4.86. The van der Waals surface area contributed by atoms with Gasteiger partial charge in [0, 0.05) is 24.5 Å². The number of carbonyl (C=O) groups excluding carboxylic acids is 2. The summed E-state index contributed by atoms with van der Waals surface area (Å²) < 4.78 is 0. The summed E-state index contributed by atoms with van der Waals surface area (Å²) in [7, 11) is 0. The molecule has 1 fully saturated rings. The summed E-state index contributed by atoms with van der Waals surface area (Å²) in [6.07, 6.45) is 7.58. The van der Waals surface area contributed by atoms with Gasteiger partial charge in [-0.2, -0.15) is 0 Å². The van der Waals surface area contributed by atoms with Crippen LogP contribution in [0, 0.1) is 0 Å². The van der Waals surface area contributed by atoms with Gasteiger partial charge in [0.05, 0.1) is 12.2 Å². The van der Waals surface area contributed by atoms with Gasteiger partial charge in [-0.05, 0) is 31.4 Å². The second-order valence-electron chi connectivity index (χ2n) is 5.17. The van der Waals surface area contributed by atoms with Crippen molar-refractivity contribution in [1.82, 2.24) is 14.9 Å². The van der Waals surface area contributed by atoms with E-state index in [4.69, 9.17) is 5.73 Å². The molecular formula is C15H16N4O2S. The van der Waals surface area contributed by atoms with Crippen molar-refractivity contribution in [3.63, 3.8) is 0 Å². The topological polar surface area (TPSA) is 89.2 Å². The minimum Gasteiger partial charge on any atom is -0.365 e. The summed E-state index contributed by atoms with van der Waals surface area (Å²) in [5, 5.41) is 0.774. The zero-order valence-electron chi connectivity index (χ0n) is 11.9. The van der Waals surface area contributed by atoms with E-state index >= 15 is 0 Å². The Bertz CT molecular complexity index is 686. The molecule has 2 aromatic heterocycles. The number of thiazole rings is 1. The highest BCUT2D eigenvalue weighted by atomic mass is 32.1. The molecule has 1 aliphatic rings. The van der Waals surface area contributed by atoms with Crippen LogP contribution in [0.5, 0.6) is 0 Å². The minimum absolute atomic E-state index is 0.0251. The van der Waals surface area contributed by atoms with Crippen LogP contribution in [-0.4, -0.2) is 33.2 Å². The Hall–Kier alpha value is -2.28. The summed E-state index contributed by atoms with van der Waals surface area (Å²) in [6.45, 7) is 0.692. The zero-order chi connectivity index (χ0) is 15.5. The Kier molecular flexibility index (Phi) is 4.15. The Labute approximate surface area is 132 Å². The lowest BCUT2D eigenvalue weighted by Crippen LogP contribution is -2.38. The van der Waals surface area contributed by atoms with Gasteiger partial charge in [-0.3, -0.25) is 14.6 Å². The predicted molar refractivity (Wildman–Crippen MR) is 82.5 cm³/mol. The molecule has 6 nitrogen and oxygen atoms in total. The number of hydrogen-bond acceptors (Lipinski definition) is 5. The number of nitrogens with zero attached hydrogens (tertiary/aromatic N) is 3. The molecule has 1 saturated heterocycles. The predicted octanol–water partition coefficient (Wildman–Crippen LogP) is 2.00. The first-order valence-corrected chi connectivity index (χ1v) is 7.95.